The van der Waals surface area contributed by atoms with Crippen LogP contribution in [0.3, 0.4) is 0 Å². The maximum atomic E-state index is 12.0. The number of piperidine rings is 1. The largest absolute Gasteiger partial charge is 0.465 e. The Morgan fingerprint density at radius 1 is 1.50 bits per heavy atom. The number of aromatic nitrogens is 1. The van der Waals surface area contributed by atoms with Gasteiger partial charge >= 0.3 is 5.97 Å². The lowest BCUT2D eigenvalue weighted by Crippen LogP contribution is -2.48. The molecule has 2 amide bonds. The van der Waals surface area contributed by atoms with Gasteiger partial charge < -0.3 is 10.1 Å². The molecular formula is C13H15N3O4. The number of pyridine rings is 1. The Labute approximate surface area is 115 Å². The second-order valence-electron chi connectivity index (χ2n) is 4.42. The molecule has 0 saturated carbocycles. The highest BCUT2D eigenvalue weighted by Crippen LogP contribution is 2.19. The fourth-order valence-corrected chi connectivity index (χ4v) is 2.01. The average Bonchev–Trinajstić information content (AvgIpc) is 2.47. The number of hydrogen-bond acceptors (Lipinski definition) is 6. The zero-order valence-electron chi connectivity index (χ0n) is 11.3. The predicted molar refractivity (Wildman–Crippen MR) is 70.0 cm³/mol. The Balaban J connectivity index is 2.20. The van der Waals surface area contributed by atoms with Gasteiger partial charge in [0.15, 0.2) is 0 Å². The lowest BCUT2D eigenvalue weighted by molar-refractivity contribution is -0.146. The van der Waals surface area contributed by atoms with Gasteiger partial charge in [-0.1, -0.05) is 0 Å². The first-order chi connectivity index (χ1) is 9.54. The Bertz CT molecular complexity index is 558. The monoisotopic (exact) mass is 277 g/mol. The molecule has 2 heterocycles. The number of nitrogens with one attached hydrogen (secondary N) is 1. The number of esters is 1. The van der Waals surface area contributed by atoms with E-state index in [1.807, 2.05) is 0 Å². The summed E-state index contributed by atoms with van der Waals surface area (Å²) in [5.41, 5.74) is 0.252. The van der Waals surface area contributed by atoms with Gasteiger partial charge in [0.2, 0.25) is 5.91 Å². The zero-order chi connectivity index (χ0) is 14.7. The number of methoxy groups -OCH3 is 1. The molecule has 106 valence electrons. The number of amides is 2. The lowest BCUT2D eigenvalue weighted by Gasteiger charge is -2.28. The van der Waals surface area contributed by atoms with E-state index in [0.717, 1.165) is 4.90 Å². The number of anilines is 1. The molecule has 0 spiro atoms. The minimum atomic E-state index is -0.573. The van der Waals surface area contributed by atoms with E-state index in [-0.39, 0.29) is 29.6 Å². The van der Waals surface area contributed by atoms with Crippen LogP contribution in [0, 0.1) is 0 Å². The normalized spacial score (nSPS) is 18.9. The van der Waals surface area contributed by atoms with Gasteiger partial charge in [0, 0.05) is 19.7 Å². The van der Waals surface area contributed by atoms with Crippen molar-refractivity contribution in [3.8, 4) is 0 Å². The van der Waals surface area contributed by atoms with Crippen molar-refractivity contribution in [3.63, 3.8) is 0 Å². The maximum absolute atomic E-state index is 12.0. The van der Waals surface area contributed by atoms with Crippen LogP contribution in [-0.4, -0.2) is 47.9 Å². The van der Waals surface area contributed by atoms with Gasteiger partial charge in [0.25, 0.3) is 5.91 Å². The average molecular weight is 277 g/mol. The van der Waals surface area contributed by atoms with Crippen LogP contribution in [0.5, 0.6) is 0 Å². The van der Waals surface area contributed by atoms with Crippen molar-refractivity contribution in [2.45, 2.75) is 18.9 Å². The summed E-state index contributed by atoms with van der Waals surface area (Å²) >= 11 is 0. The van der Waals surface area contributed by atoms with E-state index in [9.17, 15) is 14.4 Å². The van der Waals surface area contributed by atoms with Gasteiger partial charge in [0.05, 0.1) is 7.11 Å². The van der Waals surface area contributed by atoms with Gasteiger partial charge in [-0.3, -0.25) is 14.5 Å². The van der Waals surface area contributed by atoms with E-state index >= 15 is 0 Å². The molecule has 1 aliphatic heterocycles. The summed E-state index contributed by atoms with van der Waals surface area (Å²) in [4.78, 5) is 40.2. The molecule has 1 aromatic rings. The molecule has 0 radical (unpaired) electrons. The highest BCUT2D eigenvalue weighted by atomic mass is 16.5. The number of nitrogens with zero attached hydrogens (tertiary/aromatic N) is 2. The number of ether oxygens (including phenoxy) is 1. The zero-order valence-corrected chi connectivity index (χ0v) is 11.3. The Morgan fingerprint density at radius 3 is 2.95 bits per heavy atom. The summed E-state index contributed by atoms with van der Waals surface area (Å²) in [7, 11) is 2.72. The maximum Gasteiger partial charge on any atom is 0.341 e. The van der Waals surface area contributed by atoms with Crippen LogP contribution < -0.4 is 5.32 Å². The number of imide groups is 1. The third-order valence-electron chi connectivity index (χ3n) is 3.17. The number of rotatable bonds is 3. The van der Waals surface area contributed by atoms with Gasteiger partial charge in [-0.25, -0.2) is 9.78 Å². The van der Waals surface area contributed by atoms with E-state index in [0.29, 0.717) is 6.42 Å². The minimum Gasteiger partial charge on any atom is -0.465 e. The van der Waals surface area contributed by atoms with Crippen molar-refractivity contribution in [2.24, 2.45) is 0 Å². The smallest absolute Gasteiger partial charge is 0.341 e. The number of carbonyl (C=O) groups excluding carboxylic acids is 3. The molecule has 1 aromatic heterocycles. The van der Waals surface area contributed by atoms with Gasteiger partial charge in [0.1, 0.15) is 17.4 Å². The first-order valence-corrected chi connectivity index (χ1v) is 6.15. The van der Waals surface area contributed by atoms with Crippen molar-refractivity contribution in [1.29, 1.82) is 0 Å². The summed E-state index contributed by atoms with van der Waals surface area (Å²) in [5.74, 6) is -0.793. The molecule has 2 rings (SSSR count). The number of likely N-dealkylation sites (tertiary alicyclic amines) is 1. The first-order valence-electron chi connectivity index (χ1n) is 6.15. The van der Waals surface area contributed by atoms with E-state index in [2.05, 4.69) is 15.0 Å². The van der Waals surface area contributed by atoms with Gasteiger partial charge in [-0.05, 0) is 18.6 Å². The number of carbonyl (C=O) groups is 3. The lowest BCUT2D eigenvalue weighted by atomic mass is 10.0. The van der Waals surface area contributed by atoms with Crippen molar-refractivity contribution in [2.75, 3.05) is 19.5 Å². The third-order valence-corrected chi connectivity index (χ3v) is 3.17. The Morgan fingerprint density at radius 2 is 2.25 bits per heavy atom. The standard InChI is InChI=1S/C13H15N3O4/c1-16-10(17)6-5-9(12(16)18)15-11-8(13(19)20-2)4-3-7-14-11/h3-4,7,9H,5-6H2,1-2H3,(H,14,15). The van der Waals surface area contributed by atoms with Crippen LogP contribution in [0.25, 0.3) is 0 Å². The summed E-state index contributed by atoms with van der Waals surface area (Å²) in [6.45, 7) is 0. The van der Waals surface area contributed by atoms with Crippen LogP contribution >= 0.6 is 0 Å². The molecule has 1 aliphatic rings. The van der Waals surface area contributed by atoms with Crippen LogP contribution in [0.15, 0.2) is 18.3 Å². The van der Waals surface area contributed by atoms with E-state index in [1.54, 1.807) is 12.1 Å². The molecule has 1 saturated heterocycles. The molecule has 1 N–H and O–H groups in total. The summed E-state index contributed by atoms with van der Waals surface area (Å²) in [6, 6.07) is 2.59. The molecule has 1 unspecified atom stereocenters. The number of hydrogen-bond donors (Lipinski definition) is 1. The molecule has 20 heavy (non-hydrogen) atoms. The van der Waals surface area contributed by atoms with Crippen molar-refractivity contribution in [1.82, 2.24) is 9.88 Å². The van der Waals surface area contributed by atoms with Gasteiger partial charge in [-0.2, -0.15) is 0 Å². The molecule has 0 aromatic carbocycles. The number of likely N-dealkylation sites (N-methyl/N-ethyl adjacent to an activating group) is 1. The Hall–Kier alpha value is -2.44. The molecule has 1 atom stereocenters. The molecule has 0 aliphatic carbocycles. The van der Waals surface area contributed by atoms with Crippen molar-refractivity contribution >= 4 is 23.6 Å². The second kappa shape index (κ2) is 5.68. The highest BCUT2D eigenvalue weighted by molar-refractivity contribution is 6.02. The molecular weight excluding hydrogens is 262 g/mol. The van der Waals surface area contributed by atoms with Crippen LogP contribution in [0.4, 0.5) is 5.82 Å². The molecule has 7 nitrogen and oxygen atoms in total. The van der Waals surface area contributed by atoms with Crippen LogP contribution in [0.1, 0.15) is 23.2 Å². The van der Waals surface area contributed by atoms with Crippen LogP contribution in [-0.2, 0) is 14.3 Å². The molecule has 7 heteroatoms. The molecule has 0 bridgehead atoms. The SMILES string of the molecule is COC(=O)c1cccnc1NC1CCC(=O)N(C)C1=O. The fraction of sp³-hybridized carbons (Fsp3) is 0.385. The third kappa shape index (κ3) is 2.61. The fourth-order valence-electron chi connectivity index (χ4n) is 2.01. The van der Waals surface area contributed by atoms with E-state index in [4.69, 9.17) is 0 Å². The van der Waals surface area contributed by atoms with Crippen molar-refractivity contribution < 1.29 is 19.1 Å². The summed E-state index contributed by atoms with van der Waals surface area (Å²) < 4.78 is 4.66. The predicted octanol–water partition coefficient (Wildman–Crippen LogP) is 0.427. The van der Waals surface area contributed by atoms with Crippen molar-refractivity contribution in [3.05, 3.63) is 23.9 Å². The summed E-state index contributed by atoms with van der Waals surface area (Å²) in [5, 5.41) is 2.91. The first kappa shape index (κ1) is 14.0. The minimum absolute atomic E-state index is 0.206. The second-order valence-corrected chi connectivity index (χ2v) is 4.42. The highest BCUT2D eigenvalue weighted by Gasteiger charge is 2.32. The molecule has 1 fully saturated rings. The summed E-state index contributed by atoms with van der Waals surface area (Å²) in [6.07, 6.45) is 2.16. The Kier molecular flexibility index (Phi) is 3.97. The van der Waals surface area contributed by atoms with E-state index in [1.165, 1.54) is 20.4 Å². The topological polar surface area (TPSA) is 88.6 Å². The van der Waals surface area contributed by atoms with Gasteiger partial charge in [-0.15, -0.1) is 0 Å². The van der Waals surface area contributed by atoms with Crippen LogP contribution in [0.2, 0.25) is 0 Å². The quantitative estimate of drug-likeness (QED) is 0.636. The van der Waals surface area contributed by atoms with E-state index < -0.39 is 12.0 Å².